The second kappa shape index (κ2) is 6.17. The van der Waals surface area contributed by atoms with Crippen molar-refractivity contribution in [1.82, 2.24) is 18.7 Å². The summed E-state index contributed by atoms with van der Waals surface area (Å²) in [6.45, 7) is 0.0842. The Hall–Kier alpha value is -2.94. The number of rotatable bonds is 3. The third-order valence-electron chi connectivity index (χ3n) is 4.11. The topological polar surface area (TPSA) is 91.0 Å². The summed E-state index contributed by atoms with van der Waals surface area (Å²) in [5.41, 5.74) is 0.951. The molecule has 0 spiro atoms. The minimum Gasteiger partial charge on any atom is -0.465 e. The fraction of sp³-hybridized carbons (Fsp3) is 0.250. The van der Waals surface area contributed by atoms with Gasteiger partial charge >= 0.3 is 11.7 Å². The van der Waals surface area contributed by atoms with Gasteiger partial charge in [-0.2, -0.15) is 0 Å². The average Bonchev–Trinajstić information content (AvgIpc) is 2.92. The first kappa shape index (κ1) is 16.9. The summed E-state index contributed by atoms with van der Waals surface area (Å²) in [6.07, 6.45) is 0. The highest BCUT2D eigenvalue weighted by molar-refractivity contribution is 7.71. The Kier molecular flexibility index (Phi) is 4.17. The van der Waals surface area contributed by atoms with Crippen LogP contribution in [0.1, 0.15) is 15.9 Å². The summed E-state index contributed by atoms with van der Waals surface area (Å²) < 4.78 is 9.05. The summed E-state index contributed by atoms with van der Waals surface area (Å²) in [6, 6.07) is 6.54. The number of nitrogens with one attached hydrogen (secondary N) is 1. The lowest BCUT2D eigenvalue weighted by Gasteiger charge is -2.09. The third kappa shape index (κ3) is 2.72. The number of carbonyl (C=O) groups is 1. The Morgan fingerprint density at radius 3 is 2.40 bits per heavy atom. The van der Waals surface area contributed by atoms with E-state index in [-0.39, 0.29) is 6.54 Å². The molecule has 0 saturated carbocycles. The molecule has 1 aromatic carbocycles. The molecular formula is C16H16N4O4S. The average molecular weight is 360 g/mol. The normalized spacial score (nSPS) is 11.0. The molecule has 1 N–H and O–H groups in total. The number of nitrogens with zero attached hydrogens (tertiary/aromatic N) is 3. The van der Waals surface area contributed by atoms with Gasteiger partial charge in [-0.3, -0.25) is 13.9 Å². The third-order valence-corrected chi connectivity index (χ3v) is 4.48. The zero-order chi connectivity index (χ0) is 18.3. The summed E-state index contributed by atoms with van der Waals surface area (Å²) in [5.74, 6) is -0.446. The Morgan fingerprint density at radius 1 is 1.16 bits per heavy atom. The van der Waals surface area contributed by atoms with Crippen molar-refractivity contribution in [2.75, 3.05) is 7.11 Å². The van der Waals surface area contributed by atoms with Gasteiger partial charge in [-0.05, 0) is 29.9 Å². The van der Waals surface area contributed by atoms with E-state index in [4.69, 9.17) is 12.2 Å². The quantitative estimate of drug-likeness (QED) is 0.554. The molecule has 0 bridgehead atoms. The van der Waals surface area contributed by atoms with E-state index in [0.29, 0.717) is 27.1 Å². The number of H-pyrrole nitrogens is 1. The highest BCUT2D eigenvalue weighted by atomic mass is 32.1. The minimum atomic E-state index is -0.452. The van der Waals surface area contributed by atoms with E-state index in [0.717, 1.165) is 4.57 Å². The number of aromatic nitrogens is 4. The lowest BCUT2D eigenvalue weighted by molar-refractivity contribution is 0.0600. The number of imidazole rings is 1. The first-order valence-electron chi connectivity index (χ1n) is 7.41. The molecule has 0 amide bonds. The van der Waals surface area contributed by atoms with Gasteiger partial charge in [0, 0.05) is 14.1 Å². The lowest BCUT2D eigenvalue weighted by Crippen LogP contribution is -2.39. The molecule has 8 nitrogen and oxygen atoms in total. The molecule has 0 saturated heterocycles. The molecular weight excluding hydrogens is 344 g/mol. The fourth-order valence-corrected chi connectivity index (χ4v) is 2.86. The number of fused-ring (bicyclic) bond motifs is 1. The van der Waals surface area contributed by atoms with Gasteiger partial charge in [0.25, 0.3) is 5.56 Å². The highest BCUT2D eigenvalue weighted by Crippen LogP contribution is 2.08. The van der Waals surface area contributed by atoms with Crippen LogP contribution >= 0.6 is 12.2 Å². The van der Waals surface area contributed by atoms with E-state index in [1.54, 1.807) is 42.9 Å². The molecule has 9 heteroatoms. The molecule has 0 fully saturated rings. The maximum atomic E-state index is 12.7. The highest BCUT2D eigenvalue weighted by Gasteiger charge is 2.15. The fourth-order valence-electron chi connectivity index (χ4n) is 2.67. The van der Waals surface area contributed by atoms with E-state index in [2.05, 4.69) is 9.72 Å². The van der Waals surface area contributed by atoms with Crippen LogP contribution in [0.2, 0.25) is 0 Å². The zero-order valence-corrected chi connectivity index (χ0v) is 14.7. The van der Waals surface area contributed by atoms with Crippen LogP contribution in [0.5, 0.6) is 0 Å². The van der Waals surface area contributed by atoms with Crippen LogP contribution in [0, 0.1) is 4.77 Å². The molecule has 130 valence electrons. The standard InChI is InChI=1S/C16H16N4O4S/c1-18-11-12(17-15(18)25)19(2)16(23)20(13(11)21)8-9-4-6-10(7-5-9)14(22)24-3/h4-7H,8H2,1-3H3,(H,17,25). The van der Waals surface area contributed by atoms with Crippen molar-refractivity contribution in [1.29, 1.82) is 0 Å². The van der Waals surface area contributed by atoms with Gasteiger partial charge in [0.2, 0.25) is 0 Å². The van der Waals surface area contributed by atoms with Gasteiger partial charge < -0.3 is 14.3 Å². The second-order valence-corrected chi connectivity index (χ2v) is 5.99. The number of hydrogen-bond donors (Lipinski definition) is 1. The van der Waals surface area contributed by atoms with Crippen molar-refractivity contribution in [2.24, 2.45) is 14.1 Å². The predicted molar refractivity (Wildman–Crippen MR) is 94.5 cm³/mol. The molecule has 0 aliphatic heterocycles. The van der Waals surface area contributed by atoms with Gasteiger partial charge in [-0.25, -0.2) is 9.59 Å². The molecule has 0 unspecified atom stereocenters. The van der Waals surface area contributed by atoms with Crippen LogP contribution in [0.25, 0.3) is 11.2 Å². The van der Waals surface area contributed by atoms with Crippen LogP contribution < -0.4 is 11.2 Å². The SMILES string of the molecule is COC(=O)c1ccc(Cn2c(=O)c3c([nH]c(=S)n3C)n(C)c2=O)cc1. The Labute approximate surface area is 146 Å². The Balaban J connectivity index is 2.12. The van der Waals surface area contributed by atoms with Crippen molar-refractivity contribution < 1.29 is 9.53 Å². The van der Waals surface area contributed by atoms with Crippen molar-refractivity contribution in [3.8, 4) is 0 Å². The van der Waals surface area contributed by atoms with Crippen LogP contribution in [0.15, 0.2) is 33.9 Å². The summed E-state index contributed by atoms with van der Waals surface area (Å²) >= 11 is 5.14. The van der Waals surface area contributed by atoms with E-state index >= 15 is 0 Å². The number of methoxy groups -OCH3 is 1. The minimum absolute atomic E-state index is 0.0842. The molecule has 0 atom stereocenters. The van der Waals surface area contributed by atoms with E-state index in [9.17, 15) is 14.4 Å². The monoisotopic (exact) mass is 360 g/mol. The van der Waals surface area contributed by atoms with Gasteiger partial charge in [0.05, 0.1) is 19.2 Å². The molecule has 0 aliphatic carbocycles. The summed E-state index contributed by atoms with van der Waals surface area (Å²) in [7, 11) is 4.55. The van der Waals surface area contributed by atoms with Crippen LogP contribution in [-0.4, -0.2) is 31.8 Å². The van der Waals surface area contributed by atoms with Gasteiger partial charge in [-0.15, -0.1) is 0 Å². The number of esters is 1. The van der Waals surface area contributed by atoms with Crippen molar-refractivity contribution in [3.63, 3.8) is 0 Å². The number of carbonyl (C=O) groups excluding carboxylic acids is 1. The largest absolute Gasteiger partial charge is 0.465 e. The molecule has 0 aliphatic rings. The number of ether oxygens (including phenoxy) is 1. The first-order valence-corrected chi connectivity index (χ1v) is 7.81. The molecule has 3 rings (SSSR count). The number of benzene rings is 1. The maximum absolute atomic E-state index is 12.7. The van der Waals surface area contributed by atoms with Gasteiger partial charge in [-0.1, -0.05) is 12.1 Å². The molecule has 0 radical (unpaired) electrons. The second-order valence-electron chi connectivity index (χ2n) is 5.61. The van der Waals surface area contributed by atoms with Crippen molar-refractivity contribution in [2.45, 2.75) is 6.54 Å². The number of aromatic amines is 1. The van der Waals surface area contributed by atoms with Crippen LogP contribution in [-0.2, 0) is 25.4 Å². The van der Waals surface area contributed by atoms with Crippen molar-refractivity contribution >= 4 is 29.4 Å². The molecule has 2 heterocycles. The Bertz CT molecular complexity index is 1150. The van der Waals surface area contributed by atoms with Crippen LogP contribution in [0.4, 0.5) is 0 Å². The summed E-state index contributed by atoms with van der Waals surface area (Å²) in [4.78, 5) is 39.6. The van der Waals surface area contributed by atoms with E-state index < -0.39 is 17.2 Å². The predicted octanol–water partition coefficient (Wildman–Crippen LogP) is 0.931. The van der Waals surface area contributed by atoms with Crippen molar-refractivity contribution in [3.05, 3.63) is 61.0 Å². The van der Waals surface area contributed by atoms with Gasteiger partial charge in [0.15, 0.2) is 10.3 Å². The van der Waals surface area contributed by atoms with E-state index in [1.165, 1.54) is 11.7 Å². The van der Waals surface area contributed by atoms with Crippen LogP contribution in [0.3, 0.4) is 0 Å². The number of aryl methyl sites for hydroxylation is 2. The van der Waals surface area contributed by atoms with Gasteiger partial charge in [0.1, 0.15) is 5.65 Å². The first-order chi connectivity index (χ1) is 11.8. The lowest BCUT2D eigenvalue weighted by atomic mass is 10.1. The summed E-state index contributed by atoms with van der Waals surface area (Å²) in [5, 5.41) is 0. The number of hydrogen-bond acceptors (Lipinski definition) is 5. The Morgan fingerprint density at radius 2 is 1.80 bits per heavy atom. The zero-order valence-electron chi connectivity index (χ0n) is 13.9. The molecule has 25 heavy (non-hydrogen) atoms. The molecule has 3 aromatic rings. The maximum Gasteiger partial charge on any atom is 0.337 e. The van der Waals surface area contributed by atoms with E-state index in [1.807, 2.05) is 0 Å². The smallest absolute Gasteiger partial charge is 0.337 e. The molecule has 2 aromatic heterocycles.